The summed E-state index contributed by atoms with van der Waals surface area (Å²) in [6, 6.07) is 7.11. The van der Waals surface area contributed by atoms with E-state index in [1.165, 1.54) is 0 Å². The molecule has 8 heteroatoms. The second kappa shape index (κ2) is 6.29. The number of nitrogens with zero attached hydrogens (tertiary/aromatic N) is 3. The summed E-state index contributed by atoms with van der Waals surface area (Å²) in [6.07, 6.45) is 1.58. The number of hydrogen-bond acceptors (Lipinski definition) is 5. The van der Waals surface area contributed by atoms with Crippen molar-refractivity contribution >= 4 is 11.9 Å². The minimum Gasteiger partial charge on any atom is -0.493 e. The average molecular weight is 371 g/mol. The highest BCUT2D eigenvalue weighted by Gasteiger charge is 2.58. The van der Waals surface area contributed by atoms with Gasteiger partial charge in [0.05, 0.1) is 7.11 Å². The molecule has 1 amide bonds. The predicted octanol–water partition coefficient (Wildman–Crippen LogP) is 1.61. The summed E-state index contributed by atoms with van der Waals surface area (Å²) in [4.78, 5) is 26.9. The maximum Gasteiger partial charge on any atom is 0.315 e. The molecule has 0 unspecified atom stereocenters. The summed E-state index contributed by atoms with van der Waals surface area (Å²) < 4.78 is 12.8. The van der Waals surface area contributed by atoms with E-state index in [1.54, 1.807) is 35.0 Å². The van der Waals surface area contributed by atoms with Gasteiger partial charge in [-0.15, -0.1) is 0 Å². The van der Waals surface area contributed by atoms with Crippen LogP contribution in [0.25, 0.3) is 0 Å². The van der Waals surface area contributed by atoms with Crippen LogP contribution in [0.2, 0.25) is 0 Å². The number of hydrogen-bond donors (Lipinski definition) is 1. The van der Waals surface area contributed by atoms with Crippen LogP contribution in [0.15, 0.2) is 30.5 Å². The van der Waals surface area contributed by atoms with Crippen LogP contribution in [0.1, 0.15) is 28.9 Å². The molecule has 3 heterocycles. The number of carboxylic acids is 1. The number of aromatic nitrogens is 2. The summed E-state index contributed by atoms with van der Waals surface area (Å²) in [6.45, 7) is 2.87. The van der Waals surface area contributed by atoms with Crippen molar-refractivity contribution in [2.45, 2.75) is 19.4 Å². The third-order valence-corrected chi connectivity index (χ3v) is 5.57. The molecule has 2 aliphatic rings. The van der Waals surface area contributed by atoms with Crippen LogP contribution in [0.4, 0.5) is 0 Å². The Hall–Kier alpha value is -3.03. The number of carbonyl (C=O) groups excluding carboxylic acids is 1. The van der Waals surface area contributed by atoms with E-state index < -0.39 is 11.4 Å². The van der Waals surface area contributed by atoms with Gasteiger partial charge in [-0.1, -0.05) is 12.1 Å². The van der Waals surface area contributed by atoms with Crippen LogP contribution in [0, 0.1) is 5.41 Å². The van der Waals surface area contributed by atoms with Gasteiger partial charge in [-0.3, -0.25) is 14.3 Å². The van der Waals surface area contributed by atoms with Crippen LogP contribution >= 0.6 is 0 Å². The first-order valence-electron chi connectivity index (χ1n) is 8.86. The highest BCUT2D eigenvalue weighted by atomic mass is 16.5. The number of carbonyl (C=O) groups is 2. The first kappa shape index (κ1) is 17.4. The van der Waals surface area contributed by atoms with E-state index in [0.29, 0.717) is 30.3 Å². The van der Waals surface area contributed by atoms with Gasteiger partial charge in [0.1, 0.15) is 17.7 Å². The van der Waals surface area contributed by atoms with Gasteiger partial charge in [-0.25, -0.2) is 0 Å². The molecular weight excluding hydrogens is 350 g/mol. The lowest BCUT2D eigenvalue weighted by Gasteiger charge is -2.36. The van der Waals surface area contributed by atoms with Crippen molar-refractivity contribution < 1.29 is 24.2 Å². The molecule has 0 aliphatic carbocycles. The number of aliphatic carboxylic acids is 1. The van der Waals surface area contributed by atoms with Gasteiger partial charge in [0.2, 0.25) is 0 Å². The van der Waals surface area contributed by atoms with Crippen LogP contribution in [0.5, 0.6) is 11.5 Å². The third kappa shape index (κ3) is 2.47. The lowest BCUT2D eigenvalue weighted by molar-refractivity contribution is -0.151. The van der Waals surface area contributed by atoms with E-state index in [-0.39, 0.29) is 25.0 Å². The molecular formula is C19H21N3O5. The summed E-state index contributed by atoms with van der Waals surface area (Å²) >= 11 is 0. The molecule has 1 fully saturated rings. The van der Waals surface area contributed by atoms with E-state index in [2.05, 4.69) is 5.10 Å². The largest absolute Gasteiger partial charge is 0.493 e. The minimum atomic E-state index is -1.17. The average Bonchev–Trinajstić information content (AvgIpc) is 3.31. The molecule has 27 heavy (non-hydrogen) atoms. The fraction of sp³-hybridized carbons (Fsp3) is 0.421. The molecule has 0 radical (unpaired) electrons. The van der Waals surface area contributed by atoms with E-state index in [9.17, 15) is 14.7 Å². The number of amides is 1. The molecule has 1 saturated heterocycles. The fourth-order valence-electron chi connectivity index (χ4n) is 4.14. The predicted molar refractivity (Wildman–Crippen MR) is 95.1 cm³/mol. The van der Waals surface area contributed by atoms with E-state index in [4.69, 9.17) is 9.47 Å². The van der Waals surface area contributed by atoms with Gasteiger partial charge in [0.15, 0.2) is 11.5 Å². The monoisotopic (exact) mass is 371 g/mol. The van der Waals surface area contributed by atoms with Crippen molar-refractivity contribution in [3.63, 3.8) is 0 Å². The Morgan fingerprint density at radius 1 is 1.41 bits per heavy atom. The summed E-state index contributed by atoms with van der Waals surface area (Å²) in [7, 11) is 1.55. The molecule has 1 aromatic heterocycles. The Bertz CT molecular complexity index is 909. The number of likely N-dealkylation sites (tertiary alicyclic amines) is 1. The van der Waals surface area contributed by atoms with E-state index in [1.807, 2.05) is 19.1 Å². The molecule has 0 bridgehead atoms. The van der Waals surface area contributed by atoms with E-state index in [0.717, 1.165) is 5.56 Å². The Balaban J connectivity index is 1.73. The highest BCUT2D eigenvalue weighted by molar-refractivity contribution is 5.94. The molecule has 1 aromatic carbocycles. The van der Waals surface area contributed by atoms with Gasteiger partial charge in [-0.2, -0.15) is 5.10 Å². The maximum absolute atomic E-state index is 13.0. The van der Waals surface area contributed by atoms with Crippen LogP contribution < -0.4 is 9.47 Å². The summed E-state index contributed by atoms with van der Waals surface area (Å²) in [5, 5.41) is 14.2. The Morgan fingerprint density at radius 2 is 2.22 bits per heavy atom. The number of para-hydroxylation sites is 1. The normalized spacial score (nSPS) is 23.3. The fourth-order valence-corrected chi connectivity index (χ4v) is 4.14. The van der Waals surface area contributed by atoms with Gasteiger partial charge >= 0.3 is 5.97 Å². The zero-order chi connectivity index (χ0) is 19.2. The molecule has 0 spiro atoms. The summed E-state index contributed by atoms with van der Waals surface area (Å²) in [5.41, 5.74) is 0.0531. The molecule has 8 nitrogen and oxygen atoms in total. The number of carboxylic acid groups (broad SMARTS) is 1. The lowest BCUT2D eigenvalue weighted by atomic mass is 9.73. The second-order valence-electron chi connectivity index (χ2n) is 6.90. The molecule has 142 valence electrons. The number of methoxy groups -OCH3 is 1. The minimum absolute atomic E-state index is 0.00278. The van der Waals surface area contributed by atoms with Gasteiger partial charge in [0, 0.05) is 37.3 Å². The third-order valence-electron chi connectivity index (χ3n) is 5.57. The number of rotatable bonds is 4. The number of benzene rings is 1. The molecule has 2 aliphatic heterocycles. The van der Waals surface area contributed by atoms with Crippen molar-refractivity contribution in [1.29, 1.82) is 0 Å². The smallest absolute Gasteiger partial charge is 0.315 e. The van der Waals surface area contributed by atoms with Gasteiger partial charge in [0.25, 0.3) is 5.91 Å². The van der Waals surface area contributed by atoms with Crippen LogP contribution in [-0.2, 0) is 11.3 Å². The van der Waals surface area contributed by atoms with Crippen molar-refractivity contribution in [3.8, 4) is 11.5 Å². The highest BCUT2D eigenvalue weighted by Crippen LogP contribution is 2.52. The zero-order valence-corrected chi connectivity index (χ0v) is 15.2. The topological polar surface area (TPSA) is 93.9 Å². The first-order chi connectivity index (χ1) is 13.0. The molecule has 1 N–H and O–H groups in total. The van der Waals surface area contributed by atoms with Gasteiger partial charge < -0.3 is 19.5 Å². The lowest BCUT2D eigenvalue weighted by Crippen LogP contribution is -2.46. The maximum atomic E-state index is 13.0. The van der Waals surface area contributed by atoms with Crippen LogP contribution in [0.3, 0.4) is 0 Å². The Morgan fingerprint density at radius 3 is 2.93 bits per heavy atom. The Kier molecular flexibility index (Phi) is 4.05. The number of fused-ring (bicyclic) bond motifs is 3. The van der Waals surface area contributed by atoms with Gasteiger partial charge in [-0.05, 0) is 19.1 Å². The number of ether oxygens (including phenoxy) is 2. The SMILES string of the molecule is CCn1nccc1C(=O)N1C[C@@H]2c3cccc(OC)c3OC[C@]2(C(=O)O)C1. The standard InChI is InChI=1S/C19H21N3O5/c1-3-22-14(7-8-20-22)17(23)21-9-13-12-5-4-6-15(26-2)16(12)27-11-19(13,10-21)18(24)25/h4-8,13H,3,9-11H2,1-2H3,(H,24,25)/t13-,19-/m1/s1. The van der Waals surface area contributed by atoms with Crippen molar-refractivity contribution in [2.24, 2.45) is 5.41 Å². The quantitative estimate of drug-likeness (QED) is 0.878. The number of aryl methyl sites for hydroxylation is 1. The molecule has 2 aromatic rings. The Labute approximate surface area is 156 Å². The molecule has 2 atom stereocenters. The second-order valence-corrected chi connectivity index (χ2v) is 6.90. The van der Waals surface area contributed by atoms with Crippen molar-refractivity contribution in [1.82, 2.24) is 14.7 Å². The molecule has 4 rings (SSSR count). The van der Waals surface area contributed by atoms with E-state index >= 15 is 0 Å². The van der Waals surface area contributed by atoms with Crippen molar-refractivity contribution in [2.75, 3.05) is 26.8 Å². The van der Waals surface area contributed by atoms with Crippen LogP contribution in [-0.4, -0.2) is 58.5 Å². The molecule has 0 saturated carbocycles. The first-order valence-corrected chi connectivity index (χ1v) is 8.86. The summed E-state index contributed by atoms with van der Waals surface area (Å²) in [5.74, 6) is -0.403. The van der Waals surface area contributed by atoms with Crippen molar-refractivity contribution in [3.05, 3.63) is 41.7 Å². The zero-order valence-electron chi connectivity index (χ0n) is 15.2.